The molecule has 3 rings (SSSR count). The normalized spacial score (nSPS) is 18.4. The first-order valence-electron chi connectivity index (χ1n) is 11.0. The maximum atomic E-state index is 11.7. The van der Waals surface area contributed by atoms with E-state index in [2.05, 4.69) is 33.8 Å². The first-order chi connectivity index (χ1) is 14.2. The van der Waals surface area contributed by atoms with Gasteiger partial charge in [-0.2, -0.15) is 0 Å². The minimum atomic E-state index is -0.547. The number of rotatable bonds is 9. The number of aromatic nitrogens is 1. The molecule has 3 heterocycles. The summed E-state index contributed by atoms with van der Waals surface area (Å²) < 4.78 is 0. The van der Waals surface area contributed by atoms with E-state index in [0.717, 1.165) is 64.2 Å². The SMILES string of the molecule is C=CNC(=O)C(=O)CCCC1CCN(Cc2ccc(N3CCCCC3)nc2)CC1. The second-order valence-corrected chi connectivity index (χ2v) is 8.28. The molecule has 0 saturated carbocycles. The van der Waals surface area contributed by atoms with Crippen LogP contribution in [0.2, 0.25) is 0 Å². The van der Waals surface area contributed by atoms with Crippen LogP contribution in [0.5, 0.6) is 0 Å². The van der Waals surface area contributed by atoms with E-state index in [-0.39, 0.29) is 5.78 Å². The van der Waals surface area contributed by atoms with Gasteiger partial charge in [0.1, 0.15) is 5.82 Å². The fraction of sp³-hybridized carbons (Fsp3) is 0.609. The number of carbonyl (C=O) groups excluding carboxylic acids is 2. The molecule has 1 amide bonds. The topological polar surface area (TPSA) is 65.5 Å². The average Bonchev–Trinajstić information content (AvgIpc) is 2.76. The highest BCUT2D eigenvalue weighted by atomic mass is 16.2. The lowest BCUT2D eigenvalue weighted by Crippen LogP contribution is -2.33. The predicted octanol–water partition coefficient (Wildman–Crippen LogP) is 3.28. The molecule has 0 radical (unpaired) electrons. The zero-order chi connectivity index (χ0) is 20.5. The molecule has 29 heavy (non-hydrogen) atoms. The number of anilines is 1. The zero-order valence-corrected chi connectivity index (χ0v) is 17.4. The molecule has 0 aromatic carbocycles. The van der Waals surface area contributed by atoms with E-state index in [1.165, 1.54) is 31.0 Å². The molecule has 2 fully saturated rings. The molecule has 6 nitrogen and oxygen atoms in total. The van der Waals surface area contributed by atoms with Gasteiger partial charge in [-0.3, -0.25) is 14.5 Å². The Kier molecular flexibility index (Phi) is 8.23. The number of carbonyl (C=O) groups is 2. The Balaban J connectivity index is 1.35. The smallest absolute Gasteiger partial charge is 0.291 e. The highest BCUT2D eigenvalue weighted by Gasteiger charge is 2.20. The van der Waals surface area contributed by atoms with Gasteiger partial charge in [0.05, 0.1) is 0 Å². The highest BCUT2D eigenvalue weighted by Crippen LogP contribution is 2.24. The molecular weight excluding hydrogens is 364 g/mol. The second kappa shape index (κ2) is 11.1. The summed E-state index contributed by atoms with van der Waals surface area (Å²) in [5.74, 6) is 0.877. The molecule has 0 spiro atoms. The van der Waals surface area contributed by atoms with Gasteiger partial charge >= 0.3 is 0 Å². The lowest BCUT2D eigenvalue weighted by Gasteiger charge is -2.32. The number of nitrogens with zero attached hydrogens (tertiary/aromatic N) is 3. The Morgan fingerprint density at radius 3 is 2.55 bits per heavy atom. The number of nitrogens with one attached hydrogen (secondary N) is 1. The van der Waals surface area contributed by atoms with Crippen molar-refractivity contribution in [2.45, 2.75) is 57.9 Å². The molecule has 0 atom stereocenters. The van der Waals surface area contributed by atoms with Crippen LogP contribution in [0.25, 0.3) is 0 Å². The van der Waals surface area contributed by atoms with Crippen molar-refractivity contribution in [2.75, 3.05) is 31.1 Å². The lowest BCUT2D eigenvalue weighted by molar-refractivity contribution is -0.137. The molecule has 2 aliphatic rings. The molecule has 6 heteroatoms. The fourth-order valence-electron chi connectivity index (χ4n) is 4.35. The van der Waals surface area contributed by atoms with Crippen LogP contribution in [0.1, 0.15) is 56.9 Å². The molecule has 0 unspecified atom stereocenters. The highest BCUT2D eigenvalue weighted by molar-refractivity contribution is 6.36. The number of Topliss-reactive ketones (excluding diaryl/α,β-unsaturated/α-hetero) is 1. The summed E-state index contributed by atoms with van der Waals surface area (Å²) in [6.45, 7) is 8.80. The van der Waals surface area contributed by atoms with E-state index in [4.69, 9.17) is 4.98 Å². The second-order valence-electron chi connectivity index (χ2n) is 8.28. The van der Waals surface area contributed by atoms with Crippen LogP contribution in [0.3, 0.4) is 0 Å². The van der Waals surface area contributed by atoms with Crippen molar-refractivity contribution in [3.05, 3.63) is 36.7 Å². The van der Waals surface area contributed by atoms with Crippen molar-refractivity contribution < 1.29 is 9.59 Å². The minimum absolute atomic E-state index is 0.328. The monoisotopic (exact) mass is 398 g/mol. The van der Waals surface area contributed by atoms with Crippen molar-refractivity contribution >= 4 is 17.5 Å². The molecule has 2 saturated heterocycles. The molecule has 1 aromatic heterocycles. The van der Waals surface area contributed by atoms with E-state index in [1.54, 1.807) is 0 Å². The summed E-state index contributed by atoms with van der Waals surface area (Å²) in [4.78, 5) is 32.7. The van der Waals surface area contributed by atoms with Gasteiger partial charge < -0.3 is 10.2 Å². The number of amides is 1. The number of ketones is 1. The number of piperidine rings is 2. The Bertz CT molecular complexity index is 675. The van der Waals surface area contributed by atoms with E-state index >= 15 is 0 Å². The standard InChI is InChI=1S/C23H34N4O2/c1-2-24-23(29)21(28)8-6-7-19-11-15-26(16-12-19)18-20-9-10-22(25-17-20)27-13-4-3-5-14-27/h2,9-10,17,19H,1,3-8,11-16,18H2,(H,24,29). The van der Waals surface area contributed by atoms with Crippen LogP contribution in [-0.2, 0) is 16.1 Å². The van der Waals surface area contributed by atoms with Crippen LogP contribution in [0.4, 0.5) is 5.82 Å². The van der Waals surface area contributed by atoms with Gasteiger partial charge in [-0.25, -0.2) is 4.98 Å². The van der Waals surface area contributed by atoms with Crippen LogP contribution < -0.4 is 10.2 Å². The van der Waals surface area contributed by atoms with Gasteiger partial charge in [0.25, 0.3) is 5.91 Å². The van der Waals surface area contributed by atoms with Crippen molar-refractivity contribution in [2.24, 2.45) is 5.92 Å². The molecule has 2 aliphatic heterocycles. The van der Waals surface area contributed by atoms with Crippen LogP contribution in [0.15, 0.2) is 31.1 Å². The molecular formula is C23H34N4O2. The summed E-state index contributed by atoms with van der Waals surface area (Å²) in [7, 11) is 0. The first kappa shape index (κ1) is 21.5. The molecule has 0 bridgehead atoms. The maximum absolute atomic E-state index is 11.7. The fourth-order valence-corrected chi connectivity index (χ4v) is 4.35. The van der Waals surface area contributed by atoms with E-state index in [0.29, 0.717) is 12.3 Å². The van der Waals surface area contributed by atoms with Gasteiger partial charge in [0.2, 0.25) is 5.78 Å². The maximum Gasteiger partial charge on any atom is 0.291 e. The molecule has 158 valence electrons. The zero-order valence-electron chi connectivity index (χ0n) is 17.4. The van der Waals surface area contributed by atoms with Gasteiger partial charge in [0.15, 0.2) is 0 Å². The number of pyridine rings is 1. The quantitative estimate of drug-likeness (QED) is 0.647. The Hall–Kier alpha value is -2.21. The summed E-state index contributed by atoms with van der Waals surface area (Å²) >= 11 is 0. The number of hydrogen-bond donors (Lipinski definition) is 1. The van der Waals surface area contributed by atoms with Gasteiger partial charge in [-0.1, -0.05) is 12.6 Å². The van der Waals surface area contributed by atoms with Gasteiger partial charge in [0, 0.05) is 32.3 Å². The summed E-state index contributed by atoms with van der Waals surface area (Å²) in [6.07, 6.45) is 11.6. The summed E-state index contributed by atoms with van der Waals surface area (Å²) in [5, 5.41) is 2.35. The third-order valence-electron chi connectivity index (χ3n) is 6.11. The summed E-state index contributed by atoms with van der Waals surface area (Å²) in [5.41, 5.74) is 1.28. The van der Waals surface area contributed by atoms with Gasteiger partial charge in [-0.15, -0.1) is 0 Å². The van der Waals surface area contributed by atoms with Crippen molar-refractivity contribution in [1.82, 2.24) is 15.2 Å². The lowest BCUT2D eigenvalue weighted by atomic mass is 9.91. The summed E-state index contributed by atoms with van der Waals surface area (Å²) in [6, 6.07) is 4.40. The minimum Gasteiger partial charge on any atom is -0.357 e. The van der Waals surface area contributed by atoms with Gasteiger partial charge in [-0.05, 0) is 81.8 Å². The predicted molar refractivity (Wildman–Crippen MR) is 115 cm³/mol. The van der Waals surface area contributed by atoms with Crippen LogP contribution in [0, 0.1) is 5.92 Å². The average molecular weight is 399 g/mol. The first-order valence-corrected chi connectivity index (χ1v) is 11.0. The van der Waals surface area contributed by atoms with Crippen LogP contribution in [-0.4, -0.2) is 47.8 Å². The molecule has 1 aromatic rings. The van der Waals surface area contributed by atoms with E-state index in [9.17, 15) is 9.59 Å². The van der Waals surface area contributed by atoms with Crippen molar-refractivity contribution in [3.63, 3.8) is 0 Å². The van der Waals surface area contributed by atoms with Crippen LogP contribution >= 0.6 is 0 Å². The Morgan fingerprint density at radius 2 is 1.90 bits per heavy atom. The van der Waals surface area contributed by atoms with Crippen molar-refractivity contribution in [3.8, 4) is 0 Å². The molecule has 0 aliphatic carbocycles. The Labute approximate surface area is 174 Å². The third kappa shape index (κ3) is 6.67. The van der Waals surface area contributed by atoms with E-state index in [1.807, 2.05) is 6.20 Å². The third-order valence-corrected chi connectivity index (χ3v) is 6.11. The van der Waals surface area contributed by atoms with Crippen molar-refractivity contribution in [1.29, 1.82) is 0 Å². The Morgan fingerprint density at radius 1 is 1.14 bits per heavy atom. The number of likely N-dealkylation sites (tertiary alicyclic amines) is 1. The molecule has 1 N–H and O–H groups in total. The number of hydrogen-bond acceptors (Lipinski definition) is 5. The van der Waals surface area contributed by atoms with E-state index < -0.39 is 5.91 Å². The largest absolute Gasteiger partial charge is 0.357 e.